The van der Waals surface area contributed by atoms with E-state index in [0.717, 1.165) is 62.5 Å². The third-order valence-electron chi connectivity index (χ3n) is 6.91. The van der Waals surface area contributed by atoms with Crippen LogP contribution < -0.4 is 10.5 Å². The first kappa shape index (κ1) is 20.1. The standard InChI is InChI=1S/C24H26F2N4O/c1-15-2-6-20(26)23-19(15)13-21(28-24(23)31)16-3-5-18(12-16)29-8-10-30(11-9-29)22-7-4-17(25)14-27-22/h2,4,6-7,13-14,16,18H,3,5,8-12H2,1H3,(H,28,31). The Morgan fingerprint density at radius 1 is 1.06 bits per heavy atom. The van der Waals surface area contributed by atoms with Crippen LogP contribution in [0.2, 0.25) is 0 Å². The number of anilines is 1. The molecule has 0 amide bonds. The smallest absolute Gasteiger partial charge is 0.259 e. The largest absolute Gasteiger partial charge is 0.354 e. The van der Waals surface area contributed by atoms with E-state index in [1.807, 2.05) is 13.0 Å². The minimum Gasteiger partial charge on any atom is -0.354 e. The number of nitrogens with zero attached hydrogens (tertiary/aromatic N) is 3. The van der Waals surface area contributed by atoms with Gasteiger partial charge >= 0.3 is 0 Å². The first-order valence-electron chi connectivity index (χ1n) is 10.9. The van der Waals surface area contributed by atoms with Crippen molar-refractivity contribution in [3.05, 3.63) is 69.8 Å². The topological polar surface area (TPSA) is 52.2 Å². The molecule has 2 aliphatic rings. The number of pyridine rings is 2. The molecule has 0 bridgehead atoms. The van der Waals surface area contributed by atoms with Crippen molar-refractivity contribution in [2.75, 3.05) is 31.1 Å². The van der Waals surface area contributed by atoms with Crippen molar-refractivity contribution < 1.29 is 8.78 Å². The number of rotatable bonds is 3. The summed E-state index contributed by atoms with van der Waals surface area (Å²) in [6, 6.07) is 8.72. The van der Waals surface area contributed by atoms with Gasteiger partial charge in [-0.2, -0.15) is 0 Å². The summed E-state index contributed by atoms with van der Waals surface area (Å²) in [5, 5.41) is 0.867. The van der Waals surface area contributed by atoms with E-state index in [1.165, 1.54) is 18.3 Å². The summed E-state index contributed by atoms with van der Waals surface area (Å²) in [7, 11) is 0. The third kappa shape index (κ3) is 3.82. The average molecular weight is 424 g/mol. The number of halogens is 2. The van der Waals surface area contributed by atoms with Gasteiger partial charge in [-0.3, -0.25) is 9.69 Å². The van der Waals surface area contributed by atoms with Crippen molar-refractivity contribution in [3.8, 4) is 0 Å². The highest BCUT2D eigenvalue weighted by Crippen LogP contribution is 2.37. The lowest BCUT2D eigenvalue weighted by Gasteiger charge is -2.38. The quantitative estimate of drug-likeness (QED) is 0.691. The van der Waals surface area contributed by atoms with Gasteiger partial charge in [0.1, 0.15) is 17.5 Å². The van der Waals surface area contributed by atoms with Gasteiger partial charge in [0.05, 0.1) is 11.6 Å². The van der Waals surface area contributed by atoms with E-state index in [-0.39, 0.29) is 22.7 Å². The van der Waals surface area contributed by atoms with Crippen molar-refractivity contribution in [2.45, 2.75) is 38.1 Å². The molecule has 31 heavy (non-hydrogen) atoms. The Morgan fingerprint density at radius 3 is 2.61 bits per heavy atom. The zero-order chi connectivity index (χ0) is 21.5. The highest BCUT2D eigenvalue weighted by atomic mass is 19.1. The Morgan fingerprint density at radius 2 is 1.87 bits per heavy atom. The van der Waals surface area contributed by atoms with E-state index in [4.69, 9.17) is 0 Å². The Hall–Kier alpha value is -2.80. The first-order chi connectivity index (χ1) is 15.0. The van der Waals surface area contributed by atoms with Crippen LogP contribution in [-0.4, -0.2) is 47.1 Å². The molecule has 5 nitrogen and oxygen atoms in total. The Labute approximate surface area is 179 Å². The summed E-state index contributed by atoms with van der Waals surface area (Å²) in [6.07, 6.45) is 4.35. The number of hydrogen-bond donors (Lipinski definition) is 1. The zero-order valence-corrected chi connectivity index (χ0v) is 17.6. The second-order valence-corrected chi connectivity index (χ2v) is 8.73. The predicted octanol–water partition coefficient (Wildman–Crippen LogP) is 3.97. The highest BCUT2D eigenvalue weighted by Gasteiger charge is 2.32. The van der Waals surface area contributed by atoms with E-state index in [2.05, 4.69) is 19.8 Å². The van der Waals surface area contributed by atoms with E-state index in [1.54, 1.807) is 12.1 Å². The van der Waals surface area contributed by atoms with Gasteiger partial charge in [-0.15, -0.1) is 0 Å². The molecule has 2 atom stereocenters. The number of aromatic nitrogens is 2. The lowest BCUT2D eigenvalue weighted by molar-refractivity contribution is 0.186. The molecule has 3 heterocycles. The molecule has 2 fully saturated rings. The Bertz CT molecular complexity index is 1150. The van der Waals surface area contributed by atoms with Crippen LogP contribution in [-0.2, 0) is 0 Å². The van der Waals surface area contributed by atoms with Crippen LogP contribution >= 0.6 is 0 Å². The van der Waals surface area contributed by atoms with Gasteiger partial charge in [0.2, 0.25) is 0 Å². The van der Waals surface area contributed by atoms with Gasteiger partial charge in [-0.1, -0.05) is 6.07 Å². The summed E-state index contributed by atoms with van der Waals surface area (Å²) < 4.78 is 27.3. The van der Waals surface area contributed by atoms with Crippen LogP contribution in [0.15, 0.2) is 41.3 Å². The second-order valence-electron chi connectivity index (χ2n) is 8.73. The van der Waals surface area contributed by atoms with Crippen LogP contribution in [0.4, 0.5) is 14.6 Å². The number of aromatic amines is 1. The van der Waals surface area contributed by atoms with Crippen molar-refractivity contribution in [1.82, 2.24) is 14.9 Å². The summed E-state index contributed by atoms with van der Waals surface area (Å²) in [5.74, 6) is 0.318. The number of fused-ring (bicyclic) bond motifs is 1. The predicted molar refractivity (Wildman–Crippen MR) is 118 cm³/mol. The molecule has 5 rings (SSSR count). The van der Waals surface area contributed by atoms with Crippen LogP contribution in [0.5, 0.6) is 0 Å². The molecule has 2 aromatic heterocycles. The van der Waals surface area contributed by atoms with Crippen LogP contribution in [0, 0.1) is 18.6 Å². The van der Waals surface area contributed by atoms with Gasteiger partial charge < -0.3 is 9.88 Å². The average Bonchev–Trinajstić information content (AvgIpc) is 3.27. The normalized spacial score (nSPS) is 22.4. The number of benzene rings is 1. The molecule has 3 aromatic rings. The van der Waals surface area contributed by atoms with Gasteiger partial charge in [-0.05, 0) is 61.4 Å². The maximum Gasteiger partial charge on any atom is 0.259 e. The van der Waals surface area contributed by atoms with Crippen LogP contribution in [0.3, 0.4) is 0 Å². The maximum atomic E-state index is 14.2. The van der Waals surface area contributed by atoms with Crippen molar-refractivity contribution in [2.24, 2.45) is 0 Å². The zero-order valence-electron chi connectivity index (χ0n) is 17.6. The molecule has 1 aromatic carbocycles. The summed E-state index contributed by atoms with van der Waals surface area (Å²) in [4.78, 5) is 24.4. The fraction of sp³-hybridized carbons (Fsp3) is 0.417. The Balaban J connectivity index is 1.27. The fourth-order valence-corrected chi connectivity index (χ4v) is 5.16. The number of piperazine rings is 1. The molecule has 0 radical (unpaired) electrons. The summed E-state index contributed by atoms with van der Waals surface area (Å²) in [5.41, 5.74) is 1.50. The molecule has 1 N–H and O–H groups in total. The molecular formula is C24H26F2N4O. The molecule has 0 spiro atoms. The van der Waals surface area contributed by atoms with Gasteiger partial charge in [-0.25, -0.2) is 13.8 Å². The van der Waals surface area contributed by atoms with Crippen LogP contribution in [0.1, 0.15) is 36.4 Å². The van der Waals surface area contributed by atoms with E-state index in [0.29, 0.717) is 11.4 Å². The van der Waals surface area contributed by atoms with E-state index >= 15 is 0 Å². The van der Waals surface area contributed by atoms with Gasteiger partial charge in [0, 0.05) is 43.8 Å². The molecule has 2 unspecified atom stereocenters. The molecule has 162 valence electrons. The van der Waals surface area contributed by atoms with Crippen molar-refractivity contribution in [1.29, 1.82) is 0 Å². The lowest BCUT2D eigenvalue weighted by atomic mass is 9.98. The number of H-pyrrole nitrogens is 1. The monoisotopic (exact) mass is 424 g/mol. The summed E-state index contributed by atoms with van der Waals surface area (Å²) >= 11 is 0. The number of aryl methyl sites for hydroxylation is 1. The number of hydrogen-bond acceptors (Lipinski definition) is 4. The lowest BCUT2D eigenvalue weighted by Crippen LogP contribution is -2.50. The molecule has 1 saturated carbocycles. The van der Waals surface area contributed by atoms with E-state index in [9.17, 15) is 13.6 Å². The SMILES string of the molecule is Cc1ccc(F)c2c(=O)[nH]c(C3CCC(N4CCN(c5ccc(F)cn5)CC4)C3)cc12. The minimum absolute atomic E-state index is 0.156. The highest BCUT2D eigenvalue weighted by molar-refractivity contribution is 5.85. The molecule has 7 heteroatoms. The number of nitrogens with one attached hydrogen (secondary N) is 1. The summed E-state index contributed by atoms with van der Waals surface area (Å²) in [6.45, 7) is 5.53. The molecule has 1 aliphatic carbocycles. The van der Waals surface area contributed by atoms with Crippen molar-refractivity contribution in [3.63, 3.8) is 0 Å². The minimum atomic E-state index is -0.466. The molecular weight excluding hydrogens is 398 g/mol. The van der Waals surface area contributed by atoms with E-state index < -0.39 is 5.82 Å². The van der Waals surface area contributed by atoms with Crippen LogP contribution in [0.25, 0.3) is 10.8 Å². The third-order valence-corrected chi connectivity index (χ3v) is 6.91. The van der Waals surface area contributed by atoms with Gasteiger partial charge in [0.15, 0.2) is 0 Å². The first-order valence-corrected chi connectivity index (χ1v) is 10.9. The second kappa shape index (κ2) is 8.04. The van der Waals surface area contributed by atoms with Crippen molar-refractivity contribution >= 4 is 16.6 Å². The fourth-order valence-electron chi connectivity index (χ4n) is 5.16. The van der Waals surface area contributed by atoms with Gasteiger partial charge in [0.25, 0.3) is 5.56 Å². The molecule has 1 saturated heterocycles. The maximum absolute atomic E-state index is 14.2. The Kier molecular flexibility index (Phi) is 5.22. The molecule has 1 aliphatic heterocycles.